The van der Waals surface area contributed by atoms with Gasteiger partial charge in [-0.1, -0.05) is 6.07 Å². The Labute approximate surface area is 137 Å². The van der Waals surface area contributed by atoms with Crippen LogP contribution < -0.4 is 10.5 Å². The van der Waals surface area contributed by atoms with Gasteiger partial charge in [0.2, 0.25) is 0 Å². The van der Waals surface area contributed by atoms with Crippen LogP contribution in [0.4, 0.5) is 23.6 Å². The molecule has 0 radical (unpaired) electrons. The van der Waals surface area contributed by atoms with Gasteiger partial charge in [-0.15, -0.1) is 0 Å². The van der Waals surface area contributed by atoms with E-state index in [9.17, 15) is 22.4 Å². The molecular formula is C15H10F4N4O2. The van der Waals surface area contributed by atoms with Crippen LogP contribution in [0.1, 0.15) is 16.8 Å². The molecule has 0 spiro atoms. The van der Waals surface area contributed by atoms with Gasteiger partial charge in [0.05, 0.1) is 6.54 Å². The number of oxazole rings is 1. The van der Waals surface area contributed by atoms with E-state index in [1.54, 1.807) is 0 Å². The van der Waals surface area contributed by atoms with Crippen molar-refractivity contribution in [2.75, 3.05) is 11.4 Å². The molecule has 0 saturated carbocycles. The third kappa shape index (κ3) is 2.53. The van der Waals surface area contributed by atoms with E-state index >= 15 is 0 Å². The van der Waals surface area contributed by atoms with Crippen LogP contribution in [0.2, 0.25) is 0 Å². The van der Waals surface area contributed by atoms with Crippen LogP contribution in [0.5, 0.6) is 0 Å². The lowest BCUT2D eigenvalue weighted by molar-refractivity contribution is -0.142. The first-order chi connectivity index (χ1) is 11.8. The number of halogens is 4. The summed E-state index contributed by atoms with van der Waals surface area (Å²) in [5.41, 5.74) is -1.77. The van der Waals surface area contributed by atoms with Crippen LogP contribution in [-0.4, -0.2) is 21.7 Å². The Kier molecular flexibility index (Phi) is 3.31. The molecule has 1 aromatic carbocycles. The van der Waals surface area contributed by atoms with Crippen molar-refractivity contribution in [3.05, 3.63) is 51.2 Å². The molecule has 0 aliphatic carbocycles. The summed E-state index contributed by atoms with van der Waals surface area (Å²) in [7, 11) is 0. The number of para-hydroxylation sites is 1. The molecule has 0 saturated heterocycles. The first kappa shape index (κ1) is 15.6. The van der Waals surface area contributed by atoms with Crippen LogP contribution >= 0.6 is 0 Å². The summed E-state index contributed by atoms with van der Waals surface area (Å²) in [5.74, 6) is -0.609. The topological polar surface area (TPSA) is 75.0 Å². The summed E-state index contributed by atoms with van der Waals surface area (Å²) in [6.45, 7) is -0.0403. The minimum atomic E-state index is -4.70. The zero-order valence-electron chi connectivity index (χ0n) is 12.5. The molecule has 0 bridgehead atoms. The summed E-state index contributed by atoms with van der Waals surface area (Å²) in [6, 6.07) is 4.20. The second-order valence-corrected chi connectivity index (χ2v) is 5.61. The summed E-state index contributed by atoms with van der Waals surface area (Å²) in [6.07, 6.45) is -4.64. The van der Waals surface area contributed by atoms with Gasteiger partial charge in [-0.25, -0.2) is 9.49 Å². The first-order valence-corrected chi connectivity index (χ1v) is 7.32. The number of hydrogen-bond acceptors (Lipinski definition) is 5. The van der Waals surface area contributed by atoms with E-state index in [1.165, 1.54) is 23.1 Å². The fraction of sp³-hybridized carbons (Fsp3) is 0.267. The van der Waals surface area contributed by atoms with Gasteiger partial charge in [0.1, 0.15) is 5.52 Å². The number of hydrogen-bond donors (Lipinski definition) is 1. The Bertz CT molecular complexity index is 1020. The Morgan fingerprint density at radius 3 is 2.76 bits per heavy atom. The van der Waals surface area contributed by atoms with Crippen LogP contribution in [-0.2, 0) is 19.1 Å². The van der Waals surface area contributed by atoms with Gasteiger partial charge >= 0.3 is 6.18 Å². The standard InChI is InChI=1S/C15H10F4N4O2/c16-9-2-1-3-10-11(9)25-14(20-10)23-5-4-7-8(6-23)12(15(17,18)19)21-22-13(7)24/h1-3H,4-6H2,(H,22,24). The molecule has 0 unspecified atom stereocenters. The maximum absolute atomic E-state index is 13.7. The Balaban J connectivity index is 1.78. The summed E-state index contributed by atoms with van der Waals surface area (Å²) in [4.78, 5) is 17.3. The maximum Gasteiger partial charge on any atom is 0.435 e. The van der Waals surface area contributed by atoms with E-state index in [0.29, 0.717) is 0 Å². The van der Waals surface area contributed by atoms with Gasteiger partial charge in [0, 0.05) is 17.7 Å². The van der Waals surface area contributed by atoms with E-state index in [0.717, 1.165) is 0 Å². The van der Waals surface area contributed by atoms with Crippen LogP contribution in [0.15, 0.2) is 27.4 Å². The smallest absolute Gasteiger partial charge is 0.420 e. The number of aromatic amines is 1. The molecule has 0 fully saturated rings. The number of anilines is 1. The fourth-order valence-corrected chi connectivity index (χ4v) is 2.91. The number of H-pyrrole nitrogens is 1. The van der Waals surface area contributed by atoms with Gasteiger partial charge in [-0.3, -0.25) is 4.79 Å². The van der Waals surface area contributed by atoms with Crippen molar-refractivity contribution in [3.63, 3.8) is 0 Å². The molecule has 3 aromatic rings. The molecule has 1 aliphatic heterocycles. The lowest BCUT2D eigenvalue weighted by atomic mass is 10.00. The van der Waals surface area contributed by atoms with Gasteiger partial charge in [0.25, 0.3) is 11.6 Å². The highest BCUT2D eigenvalue weighted by Crippen LogP contribution is 2.34. The highest BCUT2D eigenvalue weighted by Gasteiger charge is 2.39. The molecule has 25 heavy (non-hydrogen) atoms. The van der Waals surface area contributed by atoms with Gasteiger partial charge in [0.15, 0.2) is 17.1 Å². The number of benzene rings is 1. The normalized spacial score (nSPS) is 14.8. The predicted octanol–water partition coefficient (Wildman–Crippen LogP) is 2.63. The second-order valence-electron chi connectivity index (χ2n) is 5.61. The van der Waals surface area contributed by atoms with Gasteiger partial charge < -0.3 is 9.32 Å². The fourth-order valence-electron chi connectivity index (χ4n) is 2.91. The monoisotopic (exact) mass is 354 g/mol. The lowest BCUT2D eigenvalue weighted by Crippen LogP contribution is -2.37. The van der Waals surface area contributed by atoms with E-state index in [-0.39, 0.29) is 47.8 Å². The Hall–Kier alpha value is -2.91. The summed E-state index contributed by atoms with van der Waals surface area (Å²) in [5, 5.41) is 5.03. The van der Waals surface area contributed by atoms with E-state index in [4.69, 9.17) is 4.42 Å². The molecule has 4 rings (SSSR count). The minimum absolute atomic E-state index is 0.000781. The number of rotatable bonds is 1. The van der Waals surface area contributed by atoms with Gasteiger partial charge in [-0.05, 0) is 18.6 Å². The largest absolute Gasteiger partial charge is 0.435 e. The quantitative estimate of drug-likeness (QED) is 0.680. The first-order valence-electron chi connectivity index (χ1n) is 7.32. The number of alkyl halides is 3. The molecule has 0 atom stereocenters. The van der Waals surface area contributed by atoms with Crippen molar-refractivity contribution in [3.8, 4) is 0 Å². The van der Waals surface area contributed by atoms with Crippen molar-refractivity contribution in [2.45, 2.75) is 19.1 Å². The zero-order chi connectivity index (χ0) is 17.8. The number of fused-ring (bicyclic) bond motifs is 2. The number of nitrogens with zero attached hydrogens (tertiary/aromatic N) is 3. The van der Waals surface area contributed by atoms with Crippen molar-refractivity contribution in [1.82, 2.24) is 15.2 Å². The number of nitrogens with one attached hydrogen (secondary N) is 1. The molecule has 130 valence electrons. The van der Waals surface area contributed by atoms with Crippen LogP contribution in [0, 0.1) is 5.82 Å². The van der Waals surface area contributed by atoms with Crippen LogP contribution in [0.25, 0.3) is 11.1 Å². The molecule has 1 N–H and O–H groups in total. The number of aromatic nitrogens is 3. The average molecular weight is 354 g/mol. The second kappa shape index (κ2) is 5.30. The van der Waals surface area contributed by atoms with E-state index in [1.807, 2.05) is 5.10 Å². The Morgan fingerprint density at radius 1 is 1.24 bits per heavy atom. The van der Waals surface area contributed by atoms with Crippen molar-refractivity contribution < 1.29 is 22.0 Å². The third-order valence-corrected chi connectivity index (χ3v) is 4.07. The molecule has 6 nitrogen and oxygen atoms in total. The molecule has 2 aromatic heterocycles. The molecule has 0 amide bonds. The predicted molar refractivity (Wildman–Crippen MR) is 78.6 cm³/mol. The average Bonchev–Trinajstić information content (AvgIpc) is 2.99. The van der Waals surface area contributed by atoms with Gasteiger partial charge in [-0.2, -0.15) is 23.3 Å². The highest BCUT2D eigenvalue weighted by atomic mass is 19.4. The maximum atomic E-state index is 13.7. The van der Waals surface area contributed by atoms with Crippen molar-refractivity contribution in [1.29, 1.82) is 0 Å². The summed E-state index contributed by atoms with van der Waals surface area (Å²) < 4.78 is 58.6. The lowest BCUT2D eigenvalue weighted by Gasteiger charge is -2.28. The third-order valence-electron chi connectivity index (χ3n) is 4.07. The molecular weight excluding hydrogens is 344 g/mol. The highest BCUT2D eigenvalue weighted by molar-refractivity contribution is 5.75. The van der Waals surface area contributed by atoms with Crippen molar-refractivity contribution >= 4 is 17.1 Å². The SMILES string of the molecule is O=c1[nH]nc(C(F)(F)F)c2c1CCN(c1nc3cccc(F)c3o1)C2. The van der Waals surface area contributed by atoms with E-state index < -0.39 is 23.2 Å². The van der Waals surface area contributed by atoms with E-state index in [2.05, 4.69) is 10.1 Å². The van der Waals surface area contributed by atoms with Crippen LogP contribution in [0.3, 0.4) is 0 Å². The zero-order valence-corrected chi connectivity index (χ0v) is 12.5. The molecule has 3 heterocycles. The van der Waals surface area contributed by atoms with Crippen molar-refractivity contribution in [2.24, 2.45) is 0 Å². The summed E-state index contributed by atoms with van der Waals surface area (Å²) >= 11 is 0. The Morgan fingerprint density at radius 2 is 2.04 bits per heavy atom. The molecule has 10 heteroatoms. The molecule has 1 aliphatic rings. The minimum Gasteiger partial charge on any atom is -0.420 e.